The molecule has 0 radical (unpaired) electrons. The van der Waals surface area contributed by atoms with Gasteiger partial charge in [0.05, 0.1) is 0 Å². The van der Waals surface area contributed by atoms with Crippen molar-refractivity contribution in [2.24, 2.45) is 0 Å². The largest absolute Gasteiger partial charge is 0.420 e. The van der Waals surface area contributed by atoms with Crippen LogP contribution >= 0.6 is 0 Å². The van der Waals surface area contributed by atoms with Crippen LogP contribution in [0.1, 0.15) is 58.8 Å². The van der Waals surface area contributed by atoms with Crippen molar-refractivity contribution in [3.63, 3.8) is 0 Å². The zero-order valence-corrected chi connectivity index (χ0v) is 11.1. The highest BCUT2D eigenvalue weighted by Gasteiger charge is 2.25. The van der Waals surface area contributed by atoms with Gasteiger partial charge in [0.25, 0.3) is 0 Å². The number of rotatable bonds is 6. The van der Waals surface area contributed by atoms with Crippen molar-refractivity contribution >= 4 is 9.04 Å². The van der Waals surface area contributed by atoms with E-state index in [9.17, 15) is 0 Å². The maximum atomic E-state index is 6.03. The summed E-state index contributed by atoms with van der Waals surface area (Å²) in [5.41, 5.74) is 0.986. The molecule has 0 N–H and O–H groups in total. The molecule has 0 aliphatic carbocycles. The minimum atomic E-state index is -0.790. The number of unbranched alkanes of at least 4 members (excludes halogenated alkanes) is 1. The van der Waals surface area contributed by atoms with Crippen LogP contribution in [0.5, 0.6) is 0 Å². The molecule has 14 heavy (non-hydrogen) atoms. The van der Waals surface area contributed by atoms with E-state index in [0.717, 1.165) is 12.1 Å². The average Bonchev–Trinajstić information content (AvgIpc) is 2.25. The third kappa shape index (κ3) is 4.14. The highest BCUT2D eigenvalue weighted by Crippen LogP contribution is 2.30. The smallest absolute Gasteiger partial charge is 0.179 e. The minimum absolute atomic E-state index is 0.790. The Balaban J connectivity index is 2.30. The predicted octanol–water partition coefficient (Wildman–Crippen LogP) is 3.88. The Kier molecular flexibility index (Phi) is 6.53. The molecule has 1 aliphatic rings. The Morgan fingerprint density at radius 1 is 1.14 bits per heavy atom. The first-order valence-electron chi connectivity index (χ1n) is 6.50. The Morgan fingerprint density at radius 2 is 2.00 bits per heavy atom. The SMILES string of the molecule is CCCCC(CCC)[SiH]1CCCCO1. The molecule has 2 unspecified atom stereocenters. The first kappa shape index (κ1) is 12.2. The van der Waals surface area contributed by atoms with Crippen LogP contribution in [-0.4, -0.2) is 15.6 Å². The van der Waals surface area contributed by atoms with E-state index in [1.165, 1.54) is 51.0 Å². The molecular weight excluding hydrogens is 188 g/mol. The van der Waals surface area contributed by atoms with Crippen molar-refractivity contribution in [2.75, 3.05) is 6.61 Å². The second kappa shape index (κ2) is 7.47. The lowest BCUT2D eigenvalue weighted by Crippen LogP contribution is -2.29. The topological polar surface area (TPSA) is 9.23 Å². The number of hydrogen-bond acceptors (Lipinski definition) is 1. The minimum Gasteiger partial charge on any atom is -0.420 e. The Labute approximate surface area is 91.0 Å². The Hall–Kier alpha value is 0.177. The second-order valence-electron chi connectivity index (χ2n) is 4.60. The zero-order valence-electron chi connectivity index (χ0n) is 9.93. The summed E-state index contributed by atoms with van der Waals surface area (Å²) in [5.74, 6) is 0. The van der Waals surface area contributed by atoms with E-state index in [1.54, 1.807) is 0 Å². The molecule has 0 aromatic carbocycles. The fourth-order valence-corrected chi connectivity index (χ4v) is 5.87. The molecule has 0 aromatic heterocycles. The molecule has 0 spiro atoms. The molecule has 1 rings (SSSR count). The van der Waals surface area contributed by atoms with E-state index in [0.29, 0.717) is 0 Å². The lowest BCUT2D eigenvalue weighted by Gasteiger charge is -2.29. The lowest BCUT2D eigenvalue weighted by atomic mass is 10.1. The van der Waals surface area contributed by atoms with Gasteiger partial charge in [0, 0.05) is 6.61 Å². The van der Waals surface area contributed by atoms with Crippen molar-refractivity contribution in [3.8, 4) is 0 Å². The van der Waals surface area contributed by atoms with E-state index in [1.807, 2.05) is 0 Å². The lowest BCUT2D eigenvalue weighted by molar-refractivity contribution is 0.275. The van der Waals surface area contributed by atoms with Gasteiger partial charge in [-0.2, -0.15) is 0 Å². The second-order valence-corrected chi connectivity index (χ2v) is 7.53. The van der Waals surface area contributed by atoms with Gasteiger partial charge in [-0.25, -0.2) is 0 Å². The summed E-state index contributed by atoms with van der Waals surface area (Å²) < 4.78 is 6.03. The van der Waals surface area contributed by atoms with Crippen molar-refractivity contribution in [2.45, 2.75) is 70.4 Å². The predicted molar refractivity (Wildman–Crippen MR) is 65.3 cm³/mol. The van der Waals surface area contributed by atoms with Gasteiger partial charge in [0.1, 0.15) is 0 Å². The molecular formula is C12H26OSi. The van der Waals surface area contributed by atoms with Crippen LogP contribution in [-0.2, 0) is 4.43 Å². The van der Waals surface area contributed by atoms with Gasteiger partial charge in [-0.3, -0.25) is 0 Å². The molecule has 2 heteroatoms. The van der Waals surface area contributed by atoms with Crippen LogP contribution < -0.4 is 0 Å². The summed E-state index contributed by atoms with van der Waals surface area (Å²) in [4.78, 5) is 0. The van der Waals surface area contributed by atoms with Gasteiger partial charge >= 0.3 is 0 Å². The molecule has 2 atom stereocenters. The van der Waals surface area contributed by atoms with E-state index < -0.39 is 9.04 Å². The van der Waals surface area contributed by atoms with E-state index >= 15 is 0 Å². The van der Waals surface area contributed by atoms with Crippen LogP contribution in [0.2, 0.25) is 11.6 Å². The first-order chi connectivity index (χ1) is 6.88. The van der Waals surface area contributed by atoms with Gasteiger partial charge < -0.3 is 4.43 Å². The van der Waals surface area contributed by atoms with Gasteiger partial charge in [-0.1, -0.05) is 52.4 Å². The fourth-order valence-electron chi connectivity index (χ4n) is 2.49. The van der Waals surface area contributed by atoms with Crippen LogP contribution in [0, 0.1) is 0 Å². The van der Waals surface area contributed by atoms with Crippen molar-refractivity contribution in [1.29, 1.82) is 0 Å². The highest BCUT2D eigenvalue weighted by molar-refractivity contribution is 6.53. The van der Waals surface area contributed by atoms with E-state index in [-0.39, 0.29) is 0 Å². The number of hydrogen-bond donors (Lipinski definition) is 0. The third-order valence-corrected chi connectivity index (χ3v) is 6.69. The highest BCUT2D eigenvalue weighted by atomic mass is 28.3. The first-order valence-corrected chi connectivity index (χ1v) is 8.45. The summed E-state index contributed by atoms with van der Waals surface area (Å²) in [5, 5.41) is 0. The van der Waals surface area contributed by atoms with Crippen LogP contribution in [0.3, 0.4) is 0 Å². The van der Waals surface area contributed by atoms with Gasteiger partial charge in [-0.05, 0) is 18.0 Å². The third-order valence-electron chi connectivity index (χ3n) is 3.33. The quantitative estimate of drug-likeness (QED) is 0.610. The molecule has 0 aromatic rings. The summed E-state index contributed by atoms with van der Waals surface area (Å²) in [6.07, 6.45) is 9.75. The maximum Gasteiger partial charge on any atom is 0.179 e. The summed E-state index contributed by atoms with van der Waals surface area (Å²) in [6, 6.07) is 1.45. The maximum absolute atomic E-state index is 6.03. The normalized spacial score (nSPS) is 24.9. The molecule has 84 valence electrons. The monoisotopic (exact) mass is 214 g/mol. The molecule has 0 amide bonds. The van der Waals surface area contributed by atoms with Crippen LogP contribution in [0.15, 0.2) is 0 Å². The van der Waals surface area contributed by atoms with Gasteiger partial charge in [0.2, 0.25) is 0 Å². The summed E-state index contributed by atoms with van der Waals surface area (Å²) >= 11 is 0. The Morgan fingerprint density at radius 3 is 2.57 bits per heavy atom. The summed E-state index contributed by atoms with van der Waals surface area (Å²) in [6.45, 7) is 5.69. The Bertz CT molecular complexity index is 132. The molecule has 0 saturated carbocycles. The van der Waals surface area contributed by atoms with E-state index in [4.69, 9.17) is 4.43 Å². The molecule has 1 nitrogen and oxygen atoms in total. The average molecular weight is 214 g/mol. The molecule has 1 saturated heterocycles. The molecule has 1 aliphatic heterocycles. The molecule has 1 heterocycles. The van der Waals surface area contributed by atoms with Gasteiger partial charge in [0.15, 0.2) is 9.04 Å². The zero-order chi connectivity index (χ0) is 10.2. The summed E-state index contributed by atoms with van der Waals surface area (Å²) in [7, 11) is -0.790. The van der Waals surface area contributed by atoms with E-state index in [2.05, 4.69) is 13.8 Å². The molecule has 0 bridgehead atoms. The fraction of sp³-hybridized carbons (Fsp3) is 1.00. The molecule has 1 fully saturated rings. The van der Waals surface area contributed by atoms with Crippen LogP contribution in [0.25, 0.3) is 0 Å². The van der Waals surface area contributed by atoms with Crippen LogP contribution in [0.4, 0.5) is 0 Å². The van der Waals surface area contributed by atoms with Crippen molar-refractivity contribution in [3.05, 3.63) is 0 Å². The standard InChI is InChI=1S/C12H26OSi/c1-3-5-9-12(8-4-2)14-11-7-6-10-13-14/h12,14H,3-11H2,1-2H3. The van der Waals surface area contributed by atoms with Crippen molar-refractivity contribution in [1.82, 2.24) is 0 Å². The van der Waals surface area contributed by atoms with Gasteiger partial charge in [-0.15, -0.1) is 0 Å². The van der Waals surface area contributed by atoms with Crippen molar-refractivity contribution < 1.29 is 4.43 Å².